The van der Waals surface area contributed by atoms with E-state index in [4.69, 9.17) is 5.11 Å². The highest BCUT2D eigenvalue weighted by Gasteiger charge is 1.99. The highest BCUT2D eigenvalue weighted by atomic mass is 16.3. The molecule has 0 saturated carbocycles. The highest BCUT2D eigenvalue weighted by molar-refractivity contribution is 5.75. The molecule has 3 nitrogen and oxygen atoms in total. The summed E-state index contributed by atoms with van der Waals surface area (Å²) in [5, 5.41) is 11.3. The molecule has 1 aromatic rings. The van der Waals surface area contributed by atoms with Crippen molar-refractivity contribution in [3.05, 3.63) is 35.9 Å². The fourth-order valence-electron chi connectivity index (χ4n) is 1.12. The minimum atomic E-state index is -0.0112. The molecule has 0 fully saturated rings. The van der Waals surface area contributed by atoms with Crippen LogP contribution in [0.4, 0.5) is 0 Å². The molecule has 0 atom stereocenters. The van der Waals surface area contributed by atoms with E-state index in [2.05, 4.69) is 5.32 Å². The summed E-state index contributed by atoms with van der Waals surface area (Å²) in [7, 11) is 0. The average molecular weight is 193 g/mol. The molecule has 0 radical (unpaired) electrons. The molecule has 0 bridgehead atoms. The maximum absolute atomic E-state index is 11.2. The van der Waals surface area contributed by atoms with Gasteiger partial charge in [-0.25, -0.2) is 0 Å². The fourth-order valence-corrected chi connectivity index (χ4v) is 1.12. The summed E-state index contributed by atoms with van der Waals surface area (Å²) >= 11 is 0. The van der Waals surface area contributed by atoms with Gasteiger partial charge in [0.1, 0.15) is 0 Å². The van der Waals surface area contributed by atoms with Gasteiger partial charge in [-0.1, -0.05) is 30.3 Å². The van der Waals surface area contributed by atoms with Crippen molar-refractivity contribution in [2.45, 2.75) is 19.4 Å². The van der Waals surface area contributed by atoms with Gasteiger partial charge in [0.25, 0.3) is 0 Å². The Kier molecular flexibility index (Phi) is 4.72. The predicted octanol–water partition coefficient (Wildman–Crippen LogP) is 1.08. The number of benzene rings is 1. The van der Waals surface area contributed by atoms with Gasteiger partial charge in [-0.2, -0.15) is 0 Å². The summed E-state index contributed by atoms with van der Waals surface area (Å²) in [5.74, 6) is -0.0112. The van der Waals surface area contributed by atoms with E-state index in [1.165, 1.54) is 0 Å². The number of amides is 1. The molecule has 0 aromatic heterocycles. The van der Waals surface area contributed by atoms with Crippen LogP contribution in [0, 0.1) is 0 Å². The first-order chi connectivity index (χ1) is 6.83. The minimum absolute atomic E-state index is 0.0112. The van der Waals surface area contributed by atoms with Gasteiger partial charge in [-0.3, -0.25) is 4.79 Å². The summed E-state index contributed by atoms with van der Waals surface area (Å²) in [5.41, 5.74) is 1.09. The Balaban J connectivity index is 2.24. The van der Waals surface area contributed by atoms with E-state index in [0.717, 1.165) is 5.56 Å². The van der Waals surface area contributed by atoms with Gasteiger partial charge in [0.15, 0.2) is 0 Å². The van der Waals surface area contributed by atoms with Gasteiger partial charge < -0.3 is 10.4 Å². The predicted molar refractivity (Wildman–Crippen MR) is 54.6 cm³/mol. The van der Waals surface area contributed by atoms with E-state index in [1.54, 1.807) is 0 Å². The Hall–Kier alpha value is -1.35. The largest absolute Gasteiger partial charge is 0.396 e. The number of aliphatic hydroxyl groups excluding tert-OH is 1. The summed E-state index contributed by atoms with van der Waals surface area (Å²) in [6.07, 6.45) is 0.921. The van der Waals surface area contributed by atoms with Crippen LogP contribution in [0.5, 0.6) is 0 Å². The normalized spacial score (nSPS) is 9.79. The number of aliphatic hydroxyl groups is 1. The quantitative estimate of drug-likeness (QED) is 0.735. The molecule has 0 heterocycles. The lowest BCUT2D eigenvalue weighted by Crippen LogP contribution is -2.22. The second-order valence-corrected chi connectivity index (χ2v) is 3.09. The van der Waals surface area contributed by atoms with Crippen LogP contribution >= 0.6 is 0 Å². The zero-order valence-corrected chi connectivity index (χ0v) is 8.07. The van der Waals surface area contributed by atoms with Crippen molar-refractivity contribution in [3.63, 3.8) is 0 Å². The van der Waals surface area contributed by atoms with Crippen molar-refractivity contribution in [3.8, 4) is 0 Å². The van der Waals surface area contributed by atoms with Gasteiger partial charge in [0.2, 0.25) is 5.91 Å². The first kappa shape index (κ1) is 10.7. The Morgan fingerprint density at radius 2 is 2.00 bits per heavy atom. The molecular formula is C11H15NO2. The lowest BCUT2D eigenvalue weighted by molar-refractivity contribution is -0.121. The molecule has 0 aliphatic heterocycles. The number of carbonyl (C=O) groups excluding carboxylic acids is 1. The van der Waals surface area contributed by atoms with Crippen LogP contribution in [0.15, 0.2) is 30.3 Å². The zero-order chi connectivity index (χ0) is 10.2. The summed E-state index contributed by atoms with van der Waals surface area (Å²) in [6, 6.07) is 9.75. The van der Waals surface area contributed by atoms with Crippen LogP contribution in [-0.4, -0.2) is 17.6 Å². The van der Waals surface area contributed by atoms with Gasteiger partial charge in [-0.05, 0) is 12.0 Å². The summed E-state index contributed by atoms with van der Waals surface area (Å²) < 4.78 is 0. The van der Waals surface area contributed by atoms with E-state index in [1.807, 2.05) is 30.3 Å². The lowest BCUT2D eigenvalue weighted by Gasteiger charge is -2.03. The molecule has 14 heavy (non-hydrogen) atoms. The Morgan fingerprint density at radius 3 is 2.64 bits per heavy atom. The zero-order valence-electron chi connectivity index (χ0n) is 8.07. The third-order valence-electron chi connectivity index (χ3n) is 1.89. The highest BCUT2D eigenvalue weighted by Crippen LogP contribution is 1.97. The van der Waals surface area contributed by atoms with Crippen molar-refractivity contribution in [1.29, 1.82) is 0 Å². The van der Waals surface area contributed by atoms with Crippen LogP contribution in [0.1, 0.15) is 18.4 Å². The number of hydrogen-bond donors (Lipinski definition) is 2. The maximum Gasteiger partial charge on any atom is 0.220 e. The summed E-state index contributed by atoms with van der Waals surface area (Å²) in [4.78, 5) is 11.2. The van der Waals surface area contributed by atoms with E-state index >= 15 is 0 Å². The molecule has 3 heteroatoms. The van der Waals surface area contributed by atoms with Crippen LogP contribution in [-0.2, 0) is 11.3 Å². The molecule has 0 saturated heterocycles. The first-order valence-corrected chi connectivity index (χ1v) is 4.74. The maximum atomic E-state index is 11.2. The third-order valence-corrected chi connectivity index (χ3v) is 1.89. The van der Waals surface area contributed by atoms with E-state index in [0.29, 0.717) is 19.4 Å². The molecule has 0 unspecified atom stereocenters. The van der Waals surface area contributed by atoms with E-state index < -0.39 is 0 Å². The molecule has 0 spiro atoms. The topological polar surface area (TPSA) is 49.3 Å². The van der Waals surface area contributed by atoms with Crippen molar-refractivity contribution in [2.24, 2.45) is 0 Å². The molecule has 0 aliphatic carbocycles. The third kappa shape index (κ3) is 4.05. The molecule has 2 N–H and O–H groups in total. The Bertz CT molecular complexity index is 272. The fraction of sp³-hybridized carbons (Fsp3) is 0.364. The molecule has 1 rings (SSSR count). The number of nitrogens with one attached hydrogen (secondary N) is 1. The van der Waals surface area contributed by atoms with Crippen LogP contribution < -0.4 is 5.32 Å². The van der Waals surface area contributed by atoms with Crippen molar-refractivity contribution >= 4 is 5.91 Å². The number of carbonyl (C=O) groups is 1. The Morgan fingerprint density at radius 1 is 1.29 bits per heavy atom. The van der Waals surface area contributed by atoms with Crippen molar-refractivity contribution < 1.29 is 9.90 Å². The lowest BCUT2D eigenvalue weighted by atomic mass is 10.2. The number of hydrogen-bond acceptors (Lipinski definition) is 2. The van der Waals surface area contributed by atoms with Crippen molar-refractivity contribution in [2.75, 3.05) is 6.61 Å². The monoisotopic (exact) mass is 193 g/mol. The van der Waals surface area contributed by atoms with E-state index in [9.17, 15) is 4.79 Å². The van der Waals surface area contributed by atoms with Crippen molar-refractivity contribution in [1.82, 2.24) is 5.32 Å². The van der Waals surface area contributed by atoms with Gasteiger partial charge in [0, 0.05) is 19.6 Å². The van der Waals surface area contributed by atoms with Gasteiger partial charge in [0.05, 0.1) is 0 Å². The molecular weight excluding hydrogens is 178 g/mol. The minimum Gasteiger partial charge on any atom is -0.396 e. The SMILES string of the molecule is O=C(CCCO)NCc1ccccc1. The summed E-state index contributed by atoms with van der Waals surface area (Å²) in [6.45, 7) is 0.629. The molecule has 76 valence electrons. The first-order valence-electron chi connectivity index (χ1n) is 4.74. The average Bonchev–Trinajstić information content (AvgIpc) is 2.25. The van der Waals surface area contributed by atoms with Crippen LogP contribution in [0.3, 0.4) is 0 Å². The van der Waals surface area contributed by atoms with Crippen LogP contribution in [0.2, 0.25) is 0 Å². The molecule has 1 aromatic carbocycles. The second-order valence-electron chi connectivity index (χ2n) is 3.09. The smallest absolute Gasteiger partial charge is 0.220 e. The van der Waals surface area contributed by atoms with Gasteiger partial charge in [-0.15, -0.1) is 0 Å². The molecule has 1 amide bonds. The Labute approximate surface area is 83.8 Å². The second kappa shape index (κ2) is 6.16. The van der Waals surface area contributed by atoms with E-state index in [-0.39, 0.29) is 12.5 Å². The number of rotatable bonds is 5. The van der Waals surface area contributed by atoms with Gasteiger partial charge >= 0.3 is 0 Å². The standard InChI is InChI=1S/C11H15NO2/c13-8-4-7-11(14)12-9-10-5-2-1-3-6-10/h1-3,5-6,13H,4,7-9H2,(H,12,14). The molecule has 0 aliphatic rings. The van der Waals surface area contributed by atoms with Crippen LogP contribution in [0.25, 0.3) is 0 Å².